The Kier molecular flexibility index (Phi) is 5.22. The summed E-state index contributed by atoms with van der Waals surface area (Å²) in [5.41, 5.74) is 0. The fraction of sp³-hybridized carbons (Fsp3) is 0.625. The molecule has 0 bridgehead atoms. The molecular weight excluding hydrogens is 142 g/mol. The van der Waals surface area contributed by atoms with E-state index in [-0.39, 0.29) is 5.91 Å². The molecule has 0 aliphatic rings. The molecule has 0 aromatic rings. The van der Waals surface area contributed by atoms with Crippen LogP contribution in [0.4, 0.5) is 0 Å². The van der Waals surface area contributed by atoms with Crippen LogP contribution in [-0.2, 0) is 4.79 Å². The molecule has 0 spiro atoms. The Balaban J connectivity index is 3.37. The summed E-state index contributed by atoms with van der Waals surface area (Å²) in [6.07, 6.45) is -0.292. The molecule has 62 valence electrons. The monoisotopic (exact) mass is 155 g/mol. The van der Waals surface area contributed by atoms with Gasteiger partial charge in [-0.05, 0) is 13.8 Å². The van der Waals surface area contributed by atoms with Crippen molar-refractivity contribution in [1.29, 1.82) is 0 Å². The van der Waals surface area contributed by atoms with Gasteiger partial charge in [0.1, 0.15) is 6.10 Å². The van der Waals surface area contributed by atoms with Gasteiger partial charge in [0.15, 0.2) is 0 Å². The molecule has 0 heterocycles. The van der Waals surface area contributed by atoms with Crippen LogP contribution < -0.4 is 5.32 Å². The van der Waals surface area contributed by atoms with Crippen molar-refractivity contribution >= 4 is 5.91 Å². The van der Waals surface area contributed by atoms with Gasteiger partial charge in [-0.3, -0.25) is 4.79 Å². The van der Waals surface area contributed by atoms with Gasteiger partial charge in [-0.2, -0.15) is 0 Å². The summed E-state index contributed by atoms with van der Waals surface area (Å²) < 4.78 is 0. The van der Waals surface area contributed by atoms with Crippen LogP contribution in [0.2, 0.25) is 0 Å². The molecule has 3 nitrogen and oxygen atoms in total. The molecule has 0 saturated carbocycles. The van der Waals surface area contributed by atoms with Gasteiger partial charge in [0.05, 0.1) is 0 Å². The van der Waals surface area contributed by atoms with Crippen molar-refractivity contribution < 1.29 is 9.90 Å². The minimum atomic E-state index is -0.926. The number of aliphatic hydroxyl groups excluding tert-OH is 1. The van der Waals surface area contributed by atoms with Crippen LogP contribution in [0.3, 0.4) is 0 Å². The van der Waals surface area contributed by atoms with Gasteiger partial charge in [0.2, 0.25) is 5.91 Å². The molecule has 3 heteroatoms. The highest BCUT2D eigenvalue weighted by Gasteiger charge is 2.05. The lowest BCUT2D eigenvalue weighted by Crippen LogP contribution is -2.32. The predicted molar refractivity (Wildman–Crippen MR) is 42.8 cm³/mol. The summed E-state index contributed by atoms with van der Waals surface area (Å²) in [5.74, 6) is 5.16. The maximum atomic E-state index is 10.7. The lowest BCUT2D eigenvalue weighted by atomic mass is 10.3. The zero-order valence-electron chi connectivity index (χ0n) is 6.85. The van der Waals surface area contributed by atoms with Gasteiger partial charge in [-0.1, -0.05) is 0 Å². The second-order valence-corrected chi connectivity index (χ2v) is 2.14. The fourth-order valence-corrected chi connectivity index (χ4v) is 0.521. The van der Waals surface area contributed by atoms with Gasteiger partial charge in [0, 0.05) is 13.0 Å². The van der Waals surface area contributed by atoms with E-state index in [0.717, 1.165) is 0 Å². The highest BCUT2D eigenvalue weighted by atomic mass is 16.3. The SMILES string of the molecule is CC#CCCNC(=O)C(C)O. The number of rotatable bonds is 3. The number of hydrogen-bond acceptors (Lipinski definition) is 2. The normalized spacial score (nSPS) is 11.2. The summed E-state index contributed by atoms with van der Waals surface area (Å²) in [6, 6.07) is 0. The van der Waals surface area contributed by atoms with Crippen LogP contribution in [-0.4, -0.2) is 23.7 Å². The Morgan fingerprint density at radius 1 is 1.73 bits per heavy atom. The first-order valence-electron chi connectivity index (χ1n) is 3.54. The molecule has 0 rings (SSSR count). The van der Waals surface area contributed by atoms with E-state index in [1.807, 2.05) is 0 Å². The van der Waals surface area contributed by atoms with Gasteiger partial charge >= 0.3 is 0 Å². The van der Waals surface area contributed by atoms with Crippen molar-refractivity contribution in [1.82, 2.24) is 5.32 Å². The molecule has 1 amide bonds. The van der Waals surface area contributed by atoms with Crippen molar-refractivity contribution in [2.24, 2.45) is 0 Å². The fourth-order valence-electron chi connectivity index (χ4n) is 0.521. The zero-order chi connectivity index (χ0) is 8.69. The standard InChI is InChI=1S/C8H13NO2/c1-3-4-5-6-9-8(11)7(2)10/h7,10H,5-6H2,1-2H3,(H,9,11). The molecule has 0 aromatic heterocycles. The van der Waals surface area contributed by atoms with E-state index < -0.39 is 6.10 Å². The number of carbonyl (C=O) groups is 1. The van der Waals surface area contributed by atoms with Crippen LogP contribution in [0, 0.1) is 11.8 Å². The predicted octanol–water partition coefficient (Wildman–Crippen LogP) is -0.103. The topological polar surface area (TPSA) is 49.3 Å². The molecule has 0 radical (unpaired) electrons. The van der Waals surface area contributed by atoms with Crippen LogP contribution >= 0.6 is 0 Å². The Bertz CT molecular complexity index is 176. The first-order valence-corrected chi connectivity index (χ1v) is 3.54. The maximum absolute atomic E-state index is 10.7. The summed E-state index contributed by atoms with van der Waals surface area (Å²) in [5, 5.41) is 11.3. The van der Waals surface area contributed by atoms with Crippen LogP contribution in [0.5, 0.6) is 0 Å². The van der Waals surface area contributed by atoms with Gasteiger partial charge in [0.25, 0.3) is 0 Å². The van der Waals surface area contributed by atoms with Gasteiger partial charge in [-0.15, -0.1) is 11.8 Å². The summed E-state index contributed by atoms with van der Waals surface area (Å²) >= 11 is 0. The van der Waals surface area contributed by atoms with Crippen molar-refractivity contribution in [2.75, 3.05) is 6.54 Å². The third-order valence-corrected chi connectivity index (χ3v) is 1.11. The molecule has 1 atom stereocenters. The Hall–Kier alpha value is -1.01. The Morgan fingerprint density at radius 3 is 2.82 bits per heavy atom. The molecular formula is C8H13NO2. The molecule has 0 saturated heterocycles. The van der Waals surface area contributed by atoms with E-state index in [0.29, 0.717) is 13.0 Å². The third kappa shape index (κ3) is 5.43. The van der Waals surface area contributed by atoms with E-state index in [1.54, 1.807) is 6.92 Å². The number of carbonyl (C=O) groups excluding carboxylic acids is 1. The average Bonchev–Trinajstić information content (AvgIpc) is 1.97. The van der Waals surface area contributed by atoms with E-state index in [4.69, 9.17) is 5.11 Å². The average molecular weight is 155 g/mol. The first kappa shape index (κ1) is 9.99. The summed E-state index contributed by atoms with van der Waals surface area (Å²) in [4.78, 5) is 10.7. The molecule has 0 fully saturated rings. The van der Waals surface area contributed by atoms with Gasteiger partial charge < -0.3 is 10.4 Å². The highest BCUT2D eigenvalue weighted by molar-refractivity contribution is 5.79. The summed E-state index contributed by atoms with van der Waals surface area (Å²) in [7, 11) is 0. The van der Waals surface area contributed by atoms with E-state index in [2.05, 4.69) is 17.2 Å². The highest BCUT2D eigenvalue weighted by Crippen LogP contribution is 1.79. The number of aliphatic hydroxyl groups is 1. The largest absolute Gasteiger partial charge is 0.384 e. The van der Waals surface area contributed by atoms with E-state index >= 15 is 0 Å². The maximum Gasteiger partial charge on any atom is 0.248 e. The number of amides is 1. The van der Waals surface area contributed by atoms with Crippen molar-refractivity contribution in [3.8, 4) is 11.8 Å². The second kappa shape index (κ2) is 5.75. The molecule has 0 aliphatic carbocycles. The summed E-state index contributed by atoms with van der Waals surface area (Å²) in [6.45, 7) is 3.68. The Labute approximate surface area is 66.8 Å². The quantitative estimate of drug-likeness (QED) is 0.441. The minimum Gasteiger partial charge on any atom is -0.384 e. The third-order valence-electron chi connectivity index (χ3n) is 1.11. The minimum absolute atomic E-state index is 0.345. The number of nitrogens with one attached hydrogen (secondary N) is 1. The van der Waals surface area contributed by atoms with E-state index in [1.165, 1.54) is 6.92 Å². The van der Waals surface area contributed by atoms with Crippen molar-refractivity contribution in [2.45, 2.75) is 26.4 Å². The molecule has 2 N–H and O–H groups in total. The lowest BCUT2D eigenvalue weighted by Gasteiger charge is -2.03. The van der Waals surface area contributed by atoms with Crippen molar-refractivity contribution in [3.63, 3.8) is 0 Å². The number of hydrogen-bond donors (Lipinski definition) is 2. The lowest BCUT2D eigenvalue weighted by molar-refractivity contribution is -0.128. The van der Waals surface area contributed by atoms with Crippen LogP contribution in [0.1, 0.15) is 20.3 Å². The van der Waals surface area contributed by atoms with Crippen LogP contribution in [0.25, 0.3) is 0 Å². The smallest absolute Gasteiger partial charge is 0.248 e. The van der Waals surface area contributed by atoms with Crippen LogP contribution in [0.15, 0.2) is 0 Å². The first-order chi connectivity index (χ1) is 5.18. The molecule has 11 heavy (non-hydrogen) atoms. The van der Waals surface area contributed by atoms with E-state index in [9.17, 15) is 4.79 Å². The van der Waals surface area contributed by atoms with Gasteiger partial charge in [-0.25, -0.2) is 0 Å². The Morgan fingerprint density at radius 2 is 2.36 bits per heavy atom. The second-order valence-electron chi connectivity index (χ2n) is 2.14. The molecule has 0 aliphatic heterocycles. The molecule has 0 aromatic carbocycles. The van der Waals surface area contributed by atoms with Crippen molar-refractivity contribution in [3.05, 3.63) is 0 Å². The molecule has 1 unspecified atom stereocenters. The zero-order valence-corrected chi connectivity index (χ0v) is 6.85.